The molecule has 8 heteroatoms. The van der Waals surface area contributed by atoms with Gasteiger partial charge in [-0.15, -0.1) is 0 Å². The first kappa shape index (κ1) is 29.5. The lowest BCUT2D eigenvalue weighted by atomic mass is 9.95. The maximum atomic E-state index is 12.6. The molecule has 2 amide bonds. The van der Waals surface area contributed by atoms with Gasteiger partial charge < -0.3 is 10.1 Å². The highest BCUT2D eigenvalue weighted by Crippen LogP contribution is 2.18. The third kappa shape index (κ3) is 9.26. The number of benzene rings is 3. The van der Waals surface area contributed by atoms with Gasteiger partial charge in [0, 0.05) is 50.9 Å². The minimum atomic E-state index is -0.253. The number of rotatable bonds is 11. The van der Waals surface area contributed by atoms with Gasteiger partial charge in [-0.2, -0.15) is 5.10 Å². The smallest absolute Gasteiger partial charge is 0.271 e. The lowest BCUT2D eigenvalue weighted by Gasteiger charge is -2.34. The Bertz CT molecular complexity index is 1300. The van der Waals surface area contributed by atoms with Crippen LogP contribution in [0, 0.1) is 0 Å². The number of hydrogen-bond acceptors (Lipinski definition) is 6. The van der Waals surface area contributed by atoms with Crippen molar-refractivity contribution in [3.05, 3.63) is 101 Å². The van der Waals surface area contributed by atoms with E-state index in [0.717, 1.165) is 57.7 Å². The largest absolute Gasteiger partial charge is 0.484 e. The summed E-state index contributed by atoms with van der Waals surface area (Å²) in [7, 11) is 0. The number of carbonyl (C=O) groups excluding carboxylic acids is 2. The summed E-state index contributed by atoms with van der Waals surface area (Å²) >= 11 is 0. The van der Waals surface area contributed by atoms with Crippen molar-refractivity contribution >= 4 is 18.0 Å². The summed E-state index contributed by atoms with van der Waals surface area (Å²) in [6.07, 6.45) is 7.30. The van der Waals surface area contributed by atoms with E-state index < -0.39 is 0 Å². The van der Waals surface area contributed by atoms with Crippen LogP contribution in [0.5, 0.6) is 5.75 Å². The van der Waals surface area contributed by atoms with Gasteiger partial charge in [-0.3, -0.25) is 19.4 Å². The number of nitrogens with one attached hydrogen (secondary N) is 2. The molecule has 2 aliphatic rings. The first-order valence-electron chi connectivity index (χ1n) is 15.0. The van der Waals surface area contributed by atoms with Crippen LogP contribution in [0.2, 0.25) is 0 Å². The van der Waals surface area contributed by atoms with Crippen molar-refractivity contribution in [2.45, 2.75) is 51.2 Å². The molecule has 0 unspecified atom stereocenters. The van der Waals surface area contributed by atoms with E-state index in [1.54, 1.807) is 18.3 Å². The average molecular weight is 568 g/mol. The second-order valence-corrected chi connectivity index (χ2v) is 11.2. The molecule has 3 aromatic carbocycles. The summed E-state index contributed by atoms with van der Waals surface area (Å²) in [5, 5.41) is 7.15. The highest BCUT2D eigenvalue weighted by Gasteiger charge is 2.18. The van der Waals surface area contributed by atoms with Crippen molar-refractivity contribution in [2.75, 3.05) is 32.8 Å². The molecule has 0 bridgehead atoms. The Morgan fingerprint density at radius 3 is 2.05 bits per heavy atom. The van der Waals surface area contributed by atoms with Crippen LogP contribution in [-0.4, -0.2) is 66.7 Å². The summed E-state index contributed by atoms with van der Waals surface area (Å²) in [5.74, 6) is 0.279. The highest BCUT2D eigenvalue weighted by atomic mass is 16.5. The molecule has 1 heterocycles. The van der Waals surface area contributed by atoms with Gasteiger partial charge in [0.15, 0.2) is 6.61 Å². The van der Waals surface area contributed by atoms with Crippen LogP contribution in [0.15, 0.2) is 84.0 Å². The van der Waals surface area contributed by atoms with E-state index >= 15 is 0 Å². The minimum absolute atomic E-state index is 0.00414. The van der Waals surface area contributed by atoms with Crippen LogP contribution in [0.25, 0.3) is 0 Å². The van der Waals surface area contributed by atoms with E-state index in [4.69, 9.17) is 4.74 Å². The zero-order valence-corrected chi connectivity index (χ0v) is 24.2. The van der Waals surface area contributed by atoms with Crippen molar-refractivity contribution in [1.29, 1.82) is 0 Å². The van der Waals surface area contributed by atoms with Gasteiger partial charge in [0.2, 0.25) is 0 Å². The maximum Gasteiger partial charge on any atom is 0.271 e. The highest BCUT2D eigenvalue weighted by molar-refractivity contribution is 5.94. The minimum Gasteiger partial charge on any atom is -0.484 e. The Hall–Kier alpha value is -4.01. The number of amides is 2. The fourth-order valence-corrected chi connectivity index (χ4v) is 5.51. The van der Waals surface area contributed by atoms with E-state index in [1.807, 2.05) is 36.4 Å². The lowest BCUT2D eigenvalue weighted by molar-refractivity contribution is -0.124. The zero-order valence-electron chi connectivity index (χ0n) is 24.2. The maximum absolute atomic E-state index is 12.6. The molecular weight excluding hydrogens is 526 g/mol. The zero-order chi connectivity index (χ0) is 29.0. The standard InChI is InChI=1S/C34H41N5O3/c40-33(36-31-9-5-2-6-10-31)26-42-32-17-13-27(14-18-32)23-35-37-34(41)30-15-11-29(12-16-30)25-39-21-19-38(20-22-39)24-28-7-3-1-4-8-28/h1,3-4,7-8,11-18,23,31H,2,5-6,9-10,19-22,24-26H2,(H,36,40)(H,37,41)/b35-23-. The van der Waals surface area contributed by atoms with E-state index in [-0.39, 0.29) is 24.5 Å². The number of ether oxygens (including phenoxy) is 1. The molecule has 5 rings (SSSR count). The quantitative estimate of drug-likeness (QED) is 0.261. The number of piperazine rings is 1. The number of carbonyl (C=O) groups is 2. The first-order chi connectivity index (χ1) is 20.6. The van der Waals surface area contributed by atoms with Crippen molar-refractivity contribution in [3.63, 3.8) is 0 Å². The van der Waals surface area contributed by atoms with Crippen LogP contribution in [0.4, 0.5) is 0 Å². The van der Waals surface area contributed by atoms with Crippen LogP contribution < -0.4 is 15.5 Å². The molecule has 0 atom stereocenters. The van der Waals surface area contributed by atoms with Gasteiger partial charge in [0.25, 0.3) is 11.8 Å². The Labute approximate surface area is 248 Å². The van der Waals surface area contributed by atoms with Crippen molar-refractivity contribution in [3.8, 4) is 5.75 Å². The summed E-state index contributed by atoms with van der Waals surface area (Å²) < 4.78 is 5.62. The van der Waals surface area contributed by atoms with Crippen molar-refractivity contribution < 1.29 is 14.3 Å². The molecule has 3 aromatic rings. The molecule has 0 aromatic heterocycles. The molecule has 8 nitrogen and oxygen atoms in total. The van der Waals surface area contributed by atoms with Crippen LogP contribution in [0.1, 0.15) is 59.2 Å². The second-order valence-electron chi connectivity index (χ2n) is 11.2. The molecule has 0 radical (unpaired) electrons. The van der Waals surface area contributed by atoms with Crippen molar-refractivity contribution in [2.24, 2.45) is 5.10 Å². The number of hydrogen-bond donors (Lipinski definition) is 2. The lowest BCUT2D eigenvalue weighted by Crippen LogP contribution is -2.45. The molecule has 2 N–H and O–H groups in total. The molecule has 220 valence electrons. The van der Waals surface area contributed by atoms with Gasteiger partial charge in [-0.1, -0.05) is 61.7 Å². The number of nitrogens with zero attached hydrogens (tertiary/aromatic N) is 3. The number of hydrazone groups is 1. The molecule has 1 aliphatic carbocycles. The van der Waals surface area contributed by atoms with E-state index in [9.17, 15) is 9.59 Å². The topological polar surface area (TPSA) is 86.3 Å². The summed E-state index contributed by atoms with van der Waals surface area (Å²) in [5.41, 5.74) is 6.53. The van der Waals surface area contributed by atoms with Crippen molar-refractivity contribution in [1.82, 2.24) is 20.5 Å². The first-order valence-corrected chi connectivity index (χ1v) is 15.0. The Morgan fingerprint density at radius 1 is 0.786 bits per heavy atom. The summed E-state index contributed by atoms with van der Waals surface area (Å²) in [4.78, 5) is 29.7. The molecule has 0 spiro atoms. The molecule has 2 fully saturated rings. The summed E-state index contributed by atoms with van der Waals surface area (Å²) in [6.45, 7) is 6.07. The molecule has 1 aliphatic heterocycles. The molecular formula is C34H41N5O3. The van der Waals surface area contributed by atoms with Gasteiger partial charge in [0.1, 0.15) is 5.75 Å². The third-order valence-electron chi connectivity index (χ3n) is 7.94. The van der Waals surface area contributed by atoms with E-state index in [0.29, 0.717) is 11.3 Å². The Kier molecular flexibility index (Phi) is 10.7. The van der Waals surface area contributed by atoms with Gasteiger partial charge >= 0.3 is 0 Å². The van der Waals surface area contributed by atoms with Gasteiger partial charge in [-0.25, -0.2) is 5.43 Å². The van der Waals surface area contributed by atoms with E-state index in [1.165, 1.54) is 30.4 Å². The average Bonchev–Trinajstić information content (AvgIpc) is 3.03. The monoisotopic (exact) mass is 567 g/mol. The summed E-state index contributed by atoms with van der Waals surface area (Å²) in [6, 6.07) is 25.9. The predicted octanol–water partition coefficient (Wildman–Crippen LogP) is 4.60. The Morgan fingerprint density at radius 2 is 1.40 bits per heavy atom. The van der Waals surface area contributed by atoms with Gasteiger partial charge in [-0.05, 0) is 65.9 Å². The predicted molar refractivity (Wildman–Crippen MR) is 165 cm³/mol. The second kappa shape index (κ2) is 15.3. The molecule has 1 saturated carbocycles. The Balaban J connectivity index is 0.999. The normalized spacial score (nSPS) is 16.8. The van der Waals surface area contributed by atoms with E-state index in [2.05, 4.69) is 56.0 Å². The molecule has 42 heavy (non-hydrogen) atoms. The van der Waals surface area contributed by atoms with Crippen LogP contribution in [-0.2, 0) is 17.9 Å². The van der Waals surface area contributed by atoms with Crippen LogP contribution in [0.3, 0.4) is 0 Å². The SMILES string of the molecule is O=C(COc1ccc(/C=N\NC(=O)c2ccc(CN3CCN(Cc4ccccc4)CC3)cc2)cc1)NC1CCCCC1. The van der Waals surface area contributed by atoms with Crippen LogP contribution >= 0.6 is 0 Å². The fourth-order valence-electron chi connectivity index (χ4n) is 5.51. The molecule has 1 saturated heterocycles. The third-order valence-corrected chi connectivity index (χ3v) is 7.94. The van der Waals surface area contributed by atoms with Gasteiger partial charge in [0.05, 0.1) is 6.21 Å². The fraction of sp³-hybridized carbons (Fsp3) is 0.382.